The van der Waals surface area contributed by atoms with Gasteiger partial charge in [-0.15, -0.1) is 0 Å². The molecule has 0 radical (unpaired) electrons. The Bertz CT molecular complexity index is 1660. The second-order valence-electron chi connectivity index (χ2n) is 9.29. The first-order valence-electron chi connectivity index (χ1n) is 12.6. The second-order valence-corrected chi connectivity index (χ2v) is 11.5. The Morgan fingerprint density at radius 1 is 1.08 bits per heavy atom. The zero-order chi connectivity index (χ0) is 27.7. The maximum atomic E-state index is 13.8. The smallest absolute Gasteiger partial charge is 0.256 e. The van der Waals surface area contributed by atoms with Crippen LogP contribution in [0.3, 0.4) is 0 Å². The molecule has 1 amide bonds. The van der Waals surface area contributed by atoms with Crippen LogP contribution in [-0.2, 0) is 9.84 Å². The van der Waals surface area contributed by atoms with Crippen molar-refractivity contribution in [3.8, 4) is 28.5 Å². The molecule has 1 unspecified atom stereocenters. The molecule has 204 valence electrons. The van der Waals surface area contributed by atoms with E-state index in [2.05, 4.69) is 10.4 Å². The van der Waals surface area contributed by atoms with Gasteiger partial charge in [-0.1, -0.05) is 12.1 Å². The molecule has 1 aliphatic rings. The highest BCUT2D eigenvalue weighted by Gasteiger charge is 2.32. The summed E-state index contributed by atoms with van der Waals surface area (Å²) in [6.45, 7) is 4.12. The zero-order valence-corrected chi connectivity index (χ0v) is 23.0. The van der Waals surface area contributed by atoms with Crippen molar-refractivity contribution in [2.24, 2.45) is 0 Å². The number of aromatic nitrogens is 3. The number of carbonyl (C=O) groups is 1. The standard InChI is InChI=1S/C28H30N4O6S/c1-5-38-23-9-7-6-8-21(23)30-28(33)20-15-22(18-10-11-24(36-3)25(14-18)37-4)29-27-26(20)17(2)31-32(27)19-12-13-39(34,35)16-19/h6-11,14-15,19H,5,12-13,16H2,1-4H3,(H,30,33). The number of pyridine rings is 1. The number of anilines is 1. The minimum Gasteiger partial charge on any atom is -0.493 e. The number of rotatable bonds is 8. The Hall–Kier alpha value is -4.12. The van der Waals surface area contributed by atoms with Gasteiger partial charge in [0.25, 0.3) is 5.91 Å². The summed E-state index contributed by atoms with van der Waals surface area (Å²) in [6, 6.07) is 14.0. The molecule has 10 nitrogen and oxygen atoms in total. The monoisotopic (exact) mass is 550 g/mol. The largest absolute Gasteiger partial charge is 0.493 e. The van der Waals surface area contributed by atoms with Crippen molar-refractivity contribution in [3.63, 3.8) is 0 Å². The molecular formula is C28H30N4O6S. The fourth-order valence-electron chi connectivity index (χ4n) is 4.90. The zero-order valence-electron chi connectivity index (χ0n) is 22.2. The molecule has 4 aromatic rings. The number of hydrogen-bond donors (Lipinski definition) is 1. The number of aryl methyl sites for hydroxylation is 1. The summed E-state index contributed by atoms with van der Waals surface area (Å²) in [5.41, 5.74) is 3.14. The molecule has 5 rings (SSSR count). The van der Waals surface area contributed by atoms with Gasteiger partial charge < -0.3 is 19.5 Å². The third kappa shape index (κ3) is 5.14. The van der Waals surface area contributed by atoms with Crippen molar-refractivity contribution in [2.45, 2.75) is 26.3 Å². The van der Waals surface area contributed by atoms with Crippen LogP contribution < -0.4 is 19.5 Å². The fraction of sp³-hybridized carbons (Fsp3) is 0.321. The van der Waals surface area contributed by atoms with Crippen LogP contribution in [0.15, 0.2) is 48.5 Å². The van der Waals surface area contributed by atoms with Crippen molar-refractivity contribution < 1.29 is 27.4 Å². The minimum absolute atomic E-state index is 0.0191. The molecule has 11 heteroatoms. The predicted molar refractivity (Wildman–Crippen MR) is 149 cm³/mol. The molecule has 39 heavy (non-hydrogen) atoms. The van der Waals surface area contributed by atoms with Gasteiger partial charge in [-0.05, 0) is 56.7 Å². The predicted octanol–water partition coefficient (Wildman–Crippen LogP) is 4.43. The Labute approximate surface area is 226 Å². The molecule has 1 saturated heterocycles. The van der Waals surface area contributed by atoms with E-state index in [1.165, 1.54) is 0 Å². The number of para-hydroxylation sites is 2. The first kappa shape index (κ1) is 26.5. The number of hydrogen-bond acceptors (Lipinski definition) is 8. The van der Waals surface area contributed by atoms with E-state index >= 15 is 0 Å². The molecule has 2 aromatic heterocycles. The highest BCUT2D eigenvalue weighted by molar-refractivity contribution is 7.91. The lowest BCUT2D eigenvalue weighted by molar-refractivity contribution is 0.102. The van der Waals surface area contributed by atoms with Gasteiger partial charge in [-0.2, -0.15) is 5.10 Å². The van der Waals surface area contributed by atoms with Gasteiger partial charge in [0.15, 0.2) is 27.0 Å². The molecule has 0 aliphatic carbocycles. The van der Waals surface area contributed by atoms with Crippen LogP contribution in [0.4, 0.5) is 5.69 Å². The van der Waals surface area contributed by atoms with Crippen LogP contribution >= 0.6 is 0 Å². The van der Waals surface area contributed by atoms with E-state index in [0.29, 0.717) is 69.5 Å². The van der Waals surface area contributed by atoms with Crippen molar-refractivity contribution in [1.29, 1.82) is 0 Å². The summed E-state index contributed by atoms with van der Waals surface area (Å²) in [5, 5.41) is 8.21. The Kier molecular flexibility index (Phi) is 7.17. The van der Waals surface area contributed by atoms with Crippen LogP contribution in [0.1, 0.15) is 35.4 Å². The number of fused-ring (bicyclic) bond motifs is 1. The summed E-state index contributed by atoms with van der Waals surface area (Å²) >= 11 is 0. The molecule has 1 N–H and O–H groups in total. The Balaban J connectivity index is 1.68. The van der Waals surface area contributed by atoms with Crippen molar-refractivity contribution >= 4 is 32.5 Å². The summed E-state index contributed by atoms with van der Waals surface area (Å²) in [4.78, 5) is 18.7. The van der Waals surface area contributed by atoms with Crippen molar-refractivity contribution in [1.82, 2.24) is 14.8 Å². The number of sulfone groups is 1. The van der Waals surface area contributed by atoms with E-state index in [-0.39, 0.29) is 23.5 Å². The average Bonchev–Trinajstić information content (AvgIpc) is 3.47. The van der Waals surface area contributed by atoms with Crippen molar-refractivity contribution in [2.75, 3.05) is 37.6 Å². The fourth-order valence-corrected chi connectivity index (χ4v) is 6.59. The lowest BCUT2D eigenvalue weighted by Gasteiger charge is -2.14. The van der Waals surface area contributed by atoms with Gasteiger partial charge in [0.1, 0.15) is 5.75 Å². The quantitative estimate of drug-likeness (QED) is 0.342. The van der Waals surface area contributed by atoms with E-state index in [9.17, 15) is 13.2 Å². The van der Waals surface area contributed by atoms with Gasteiger partial charge in [0.2, 0.25) is 0 Å². The number of carbonyl (C=O) groups excluding carboxylic acids is 1. The molecule has 2 aromatic carbocycles. The highest BCUT2D eigenvalue weighted by Crippen LogP contribution is 2.36. The molecular weight excluding hydrogens is 520 g/mol. The number of nitrogens with zero attached hydrogens (tertiary/aromatic N) is 3. The van der Waals surface area contributed by atoms with E-state index in [1.807, 2.05) is 25.1 Å². The number of nitrogens with one attached hydrogen (secondary N) is 1. The Morgan fingerprint density at radius 3 is 2.54 bits per heavy atom. The third-order valence-corrected chi connectivity index (χ3v) is 8.50. The van der Waals surface area contributed by atoms with Gasteiger partial charge in [-0.25, -0.2) is 18.1 Å². The highest BCUT2D eigenvalue weighted by atomic mass is 32.2. The molecule has 1 aliphatic heterocycles. The first-order valence-corrected chi connectivity index (χ1v) is 14.4. The molecule has 0 spiro atoms. The lowest BCUT2D eigenvalue weighted by Crippen LogP contribution is -2.15. The molecule has 0 saturated carbocycles. The normalized spacial score (nSPS) is 16.3. The van der Waals surface area contributed by atoms with Gasteiger partial charge >= 0.3 is 0 Å². The summed E-state index contributed by atoms with van der Waals surface area (Å²) in [5.74, 6) is 1.34. The van der Waals surface area contributed by atoms with Crippen LogP contribution in [0.25, 0.3) is 22.3 Å². The maximum absolute atomic E-state index is 13.8. The number of amides is 1. The lowest BCUT2D eigenvalue weighted by atomic mass is 10.0. The number of ether oxygens (including phenoxy) is 3. The third-order valence-electron chi connectivity index (χ3n) is 6.75. The minimum atomic E-state index is -3.17. The number of methoxy groups -OCH3 is 2. The van der Waals surface area contributed by atoms with Gasteiger partial charge in [0, 0.05) is 5.56 Å². The van der Waals surface area contributed by atoms with Gasteiger partial charge in [-0.3, -0.25) is 4.79 Å². The van der Waals surface area contributed by atoms with Crippen molar-refractivity contribution in [3.05, 3.63) is 59.8 Å². The summed E-state index contributed by atoms with van der Waals surface area (Å²) in [7, 11) is -0.0672. The van der Waals surface area contributed by atoms with Crippen LogP contribution in [-0.4, -0.2) is 61.4 Å². The van der Waals surface area contributed by atoms with E-state index in [4.69, 9.17) is 19.2 Å². The summed E-state index contributed by atoms with van der Waals surface area (Å²) in [6.07, 6.45) is 0.435. The van der Waals surface area contributed by atoms with Crippen LogP contribution in [0.2, 0.25) is 0 Å². The maximum Gasteiger partial charge on any atom is 0.256 e. The van der Waals surface area contributed by atoms with Gasteiger partial charge in [0.05, 0.1) is 66.4 Å². The topological polar surface area (TPSA) is 122 Å². The molecule has 1 atom stereocenters. The van der Waals surface area contributed by atoms with E-state index in [0.717, 1.165) is 0 Å². The molecule has 1 fully saturated rings. The summed E-state index contributed by atoms with van der Waals surface area (Å²) < 4.78 is 42.8. The van der Waals surface area contributed by atoms with E-state index < -0.39 is 9.84 Å². The Morgan fingerprint density at radius 2 is 1.85 bits per heavy atom. The SMILES string of the molecule is CCOc1ccccc1NC(=O)c1cc(-c2ccc(OC)c(OC)c2)nc2c1c(C)nn2C1CCS(=O)(=O)C1. The molecule has 3 heterocycles. The second kappa shape index (κ2) is 10.6. The number of benzene rings is 2. The average molecular weight is 551 g/mol. The molecule has 0 bridgehead atoms. The van der Waals surface area contributed by atoms with Crippen LogP contribution in [0.5, 0.6) is 17.2 Å². The van der Waals surface area contributed by atoms with E-state index in [1.54, 1.807) is 56.2 Å². The van der Waals surface area contributed by atoms with Crippen LogP contribution in [0, 0.1) is 6.92 Å². The first-order chi connectivity index (χ1) is 18.7.